The summed E-state index contributed by atoms with van der Waals surface area (Å²) in [4.78, 5) is 26.5. The van der Waals surface area contributed by atoms with Gasteiger partial charge in [0.2, 0.25) is 0 Å². The number of carbonyl (C=O) groups excluding carboxylic acids is 1. The van der Waals surface area contributed by atoms with Crippen molar-refractivity contribution in [2.45, 2.75) is 6.42 Å². The first kappa shape index (κ1) is 15.0. The first-order chi connectivity index (χ1) is 11.0. The Morgan fingerprint density at radius 2 is 1.78 bits per heavy atom. The van der Waals surface area contributed by atoms with Gasteiger partial charge in [0.05, 0.1) is 0 Å². The Kier molecular flexibility index (Phi) is 3.98. The third-order valence-corrected chi connectivity index (χ3v) is 3.74. The van der Waals surface area contributed by atoms with Crippen molar-refractivity contribution < 1.29 is 9.21 Å². The fourth-order valence-electron chi connectivity index (χ4n) is 2.45. The second kappa shape index (κ2) is 6.08. The average Bonchev–Trinajstić information content (AvgIpc) is 2.54. The van der Waals surface area contributed by atoms with Crippen LogP contribution in [0.2, 0.25) is 0 Å². The van der Waals surface area contributed by atoms with E-state index in [1.807, 2.05) is 61.5 Å². The van der Waals surface area contributed by atoms with Crippen LogP contribution in [0.1, 0.15) is 15.9 Å². The van der Waals surface area contributed by atoms with Gasteiger partial charge in [0.1, 0.15) is 11.1 Å². The van der Waals surface area contributed by atoms with Crippen LogP contribution < -0.4 is 10.5 Å². The van der Waals surface area contributed by atoms with Crippen molar-refractivity contribution in [1.82, 2.24) is 0 Å². The first-order valence-electron chi connectivity index (χ1n) is 7.37. The maximum Gasteiger partial charge on any atom is 0.347 e. The molecule has 4 heteroatoms. The summed E-state index contributed by atoms with van der Waals surface area (Å²) in [5, 5.41) is 0.742. The lowest BCUT2D eigenvalue weighted by Gasteiger charge is -2.12. The van der Waals surface area contributed by atoms with Crippen LogP contribution in [-0.2, 0) is 6.42 Å². The maximum atomic E-state index is 12.4. The summed E-state index contributed by atoms with van der Waals surface area (Å²) in [7, 11) is 3.83. The van der Waals surface area contributed by atoms with Crippen molar-refractivity contribution in [2.75, 3.05) is 19.0 Å². The van der Waals surface area contributed by atoms with Crippen LogP contribution >= 0.6 is 0 Å². The summed E-state index contributed by atoms with van der Waals surface area (Å²) in [6.45, 7) is 0. The molecule has 0 atom stereocenters. The highest BCUT2D eigenvalue weighted by atomic mass is 16.4. The Balaban J connectivity index is 1.98. The number of rotatable bonds is 4. The molecule has 0 radical (unpaired) electrons. The molecule has 0 fully saturated rings. The number of fused-ring (bicyclic) bond motifs is 1. The number of carbonyl (C=O) groups is 1. The van der Waals surface area contributed by atoms with Gasteiger partial charge >= 0.3 is 5.63 Å². The van der Waals surface area contributed by atoms with E-state index in [-0.39, 0.29) is 17.8 Å². The number of benzene rings is 2. The van der Waals surface area contributed by atoms with Gasteiger partial charge in [-0.3, -0.25) is 4.79 Å². The minimum absolute atomic E-state index is 0.0963. The molecule has 1 heterocycles. The molecule has 0 spiro atoms. The molecule has 3 rings (SSSR count). The van der Waals surface area contributed by atoms with Crippen LogP contribution in [0.3, 0.4) is 0 Å². The standard InChI is InChI=1S/C19H17NO3/c1-20(2)15-9-8-14-11-16(19(22)23-18(14)12-15)17(21)10-13-6-4-3-5-7-13/h3-9,11-12H,10H2,1-2H3. The number of hydrogen-bond acceptors (Lipinski definition) is 4. The number of hydrogen-bond donors (Lipinski definition) is 0. The molecular weight excluding hydrogens is 290 g/mol. The SMILES string of the molecule is CN(C)c1ccc2cc(C(=O)Cc3ccccc3)c(=O)oc2c1. The molecule has 23 heavy (non-hydrogen) atoms. The van der Waals surface area contributed by atoms with Crippen molar-refractivity contribution in [3.63, 3.8) is 0 Å². The predicted octanol–water partition coefficient (Wildman–Crippen LogP) is 3.28. The zero-order chi connectivity index (χ0) is 16.4. The zero-order valence-corrected chi connectivity index (χ0v) is 13.1. The Hall–Kier alpha value is -2.88. The molecular formula is C19H17NO3. The van der Waals surface area contributed by atoms with Crippen molar-refractivity contribution >= 4 is 22.4 Å². The van der Waals surface area contributed by atoms with E-state index >= 15 is 0 Å². The van der Waals surface area contributed by atoms with Gasteiger partial charge in [0.25, 0.3) is 0 Å². The highest BCUT2D eigenvalue weighted by Crippen LogP contribution is 2.21. The smallest absolute Gasteiger partial charge is 0.347 e. The minimum Gasteiger partial charge on any atom is -0.422 e. The van der Waals surface area contributed by atoms with E-state index in [1.165, 1.54) is 0 Å². The molecule has 0 amide bonds. The van der Waals surface area contributed by atoms with Crippen molar-refractivity contribution in [3.8, 4) is 0 Å². The largest absolute Gasteiger partial charge is 0.422 e. The maximum absolute atomic E-state index is 12.4. The average molecular weight is 307 g/mol. The van der Waals surface area contributed by atoms with Crippen LogP contribution in [0, 0.1) is 0 Å². The van der Waals surface area contributed by atoms with Crippen LogP contribution in [-0.4, -0.2) is 19.9 Å². The van der Waals surface area contributed by atoms with Crippen LogP contribution in [0.4, 0.5) is 5.69 Å². The van der Waals surface area contributed by atoms with Crippen molar-refractivity contribution in [2.24, 2.45) is 0 Å². The molecule has 4 nitrogen and oxygen atoms in total. The van der Waals surface area contributed by atoms with Crippen LogP contribution in [0.5, 0.6) is 0 Å². The van der Waals surface area contributed by atoms with Gasteiger partial charge in [-0.2, -0.15) is 0 Å². The highest BCUT2D eigenvalue weighted by molar-refractivity contribution is 5.99. The predicted molar refractivity (Wildman–Crippen MR) is 91.3 cm³/mol. The summed E-state index contributed by atoms with van der Waals surface area (Å²) in [6.07, 6.45) is 0.187. The summed E-state index contributed by atoms with van der Waals surface area (Å²) >= 11 is 0. The van der Waals surface area contributed by atoms with Gasteiger partial charge in [0, 0.05) is 37.7 Å². The van der Waals surface area contributed by atoms with Gasteiger partial charge < -0.3 is 9.32 Å². The molecule has 1 aromatic heterocycles. The summed E-state index contributed by atoms with van der Waals surface area (Å²) in [5.41, 5.74) is 1.80. The van der Waals surface area contributed by atoms with E-state index in [0.717, 1.165) is 16.6 Å². The van der Waals surface area contributed by atoms with Gasteiger partial charge in [-0.25, -0.2) is 4.79 Å². The molecule has 2 aromatic carbocycles. The number of Topliss-reactive ketones (excluding diaryl/α,β-unsaturated/α-hetero) is 1. The summed E-state index contributed by atoms with van der Waals surface area (Å²) in [6, 6.07) is 16.5. The third-order valence-electron chi connectivity index (χ3n) is 3.74. The fourth-order valence-corrected chi connectivity index (χ4v) is 2.45. The summed E-state index contributed by atoms with van der Waals surface area (Å²) < 4.78 is 5.34. The lowest BCUT2D eigenvalue weighted by atomic mass is 10.0. The Morgan fingerprint density at radius 1 is 1.04 bits per heavy atom. The van der Waals surface area contributed by atoms with E-state index in [9.17, 15) is 9.59 Å². The lowest BCUT2D eigenvalue weighted by Crippen LogP contribution is -2.16. The number of nitrogens with zero attached hydrogens (tertiary/aromatic N) is 1. The molecule has 0 saturated carbocycles. The quantitative estimate of drug-likeness (QED) is 0.548. The van der Waals surface area contributed by atoms with Gasteiger partial charge in [-0.1, -0.05) is 30.3 Å². The molecule has 0 aliphatic carbocycles. The normalized spacial score (nSPS) is 10.7. The Bertz CT molecular complexity index is 911. The second-order valence-electron chi connectivity index (χ2n) is 5.65. The fraction of sp³-hybridized carbons (Fsp3) is 0.158. The van der Waals surface area contributed by atoms with Gasteiger partial charge in [0.15, 0.2) is 5.78 Å². The first-order valence-corrected chi connectivity index (χ1v) is 7.37. The summed E-state index contributed by atoms with van der Waals surface area (Å²) in [5.74, 6) is -0.233. The Labute approximate surface area is 134 Å². The highest BCUT2D eigenvalue weighted by Gasteiger charge is 2.14. The van der Waals surface area contributed by atoms with Crippen molar-refractivity contribution in [1.29, 1.82) is 0 Å². The van der Waals surface area contributed by atoms with E-state index in [1.54, 1.807) is 12.1 Å². The van der Waals surface area contributed by atoms with E-state index in [0.29, 0.717) is 5.58 Å². The molecule has 0 saturated heterocycles. The third kappa shape index (κ3) is 3.16. The van der Waals surface area contributed by atoms with Crippen LogP contribution in [0.25, 0.3) is 11.0 Å². The molecule has 0 aliphatic rings. The number of ketones is 1. The second-order valence-corrected chi connectivity index (χ2v) is 5.65. The zero-order valence-electron chi connectivity index (χ0n) is 13.1. The van der Waals surface area contributed by atoms with Gasteiger partial charge in [-0.15, -0.1) is 0 Å². The number of anilines is 1. The molecule has 3 aromatic rings. The molecule has 116 valence electrons. The molecule has 0 bridgehead atoms. The molecule has 0 unspecified atom stereocenters. The van der Waals surface area contributed by atoms with E-state index in [4.69, 9.17) is 4.42 Å². The van der Waals surface area contributed by atoms with E-state index in [2.05, 4.69) is 0 Å². The topological polar surface area (TPSA) is 50.5 Å². The monoisotopic (exact) mass is 307 g/mol. The molecule has 0 aliphatic heterocycles. The van der Waals surface area contributed by atoms with Crippen LogP contribution in [0.15, 0.2) is 63.8 Å². The van der Waals surface area contributed by atoms with Crippen molar-refractivity contribution in [3.05, 3.63) is 76.1 Å². The van der Waals surface area contributed by atoms with Gasteiger partial charge in [-0.05, 0) is 23.8 Å². The Morgan fingerprint density at radius 3 is 2.48 bits per heavy atom. The lowest BCUT2D eigenvalue weighted by molar-refractivity contribution is 0.0989. The minimum atomic E-state index is -0.589. The molecule has 0 N–H and O–H groups in total. The van der Waals surface area contributed by atoms with E-state index < -0.39 is 5.63 Å².